The van der Waals surface area contributed by atoms with E-state index in [0.717, 1.165) is 43.4 Å². The Bertz CT molecular complexity index is 640. The Hall–Kier alpha value is -1.13. The molecule has 5 N–H and O–H groups in total. The molecule has 0 aliphatic heterocycles. The Labute approximate surface area is 144 Å². The second-order valence-corrected chi connectivity index (χ2v) is 9.09. The highest BCUT2D eigenvalue weighted by Crippen LogP contribution is 2.65. The highest BCUT2D eigenvalue weighted by Gasteiger charge is 2.61. The second kappa shape index (κ2) is 5.18. The molecule has 3 unspecified atom stereocenters. The Kier molecular flexibility index (Phi) is 3.53. The molecular formula is C20H30N2O2. The number of aliphatic hydroxyl groups is 2. The predicted octanol–water partition coefficient (Wildman–Crippen LogP) is 2.75. The van der Waals surface area contributed by atoms with Crippen molar-refractivity contribution >= 4 is 6.21 Å². The molecule has 3 fully saturated rings. The van der Waals surface area contributed by atoms with E-state index in [2.05, 4.69) is 19.9 Å². The highest BCUT2D eigenvalue weighted by atomic mass is 16.3. The Morgan fingerprint density at radius 1 is 1.25 bits per heavy atom. The topological polar surface area (TPSA) is 90.3 Å². The lowest BCUT2D eigenvalue weighted by Gasteiger charge is -2.59. The fourth-order valence-corrected chi connectivity index (χ4v) is 6.83. The number of nitrogens with two attached hydrogens (primary N) is 1. The van der Waals surface area contributed by atoms with Crippen LogP contribution >= 0.6 is 0 Å². The quantitative estimate of drug-likeness (QED) is 0.557. The van der Waals surface area contributed by atoms with Crippen molar-refractivity contribution in [2.45, 2.75) is 64.6 Å². The SMILES string of the molecule is C[C@]12CC(C=N)=C(N)C=C1CC[C@@H]1C2C(O)C[C@@]2(C)C1CC[C@H]2O. The molecule has 0 spiro atoms. The van der Waals surface area contributed by atoms with Crippen molar-refractivity contribution in [3.63, 3.8) is 0 Å². The van der Waals surface area contributed by atoms with Crippen molar-refractivity contribution in [2.75, 3.05) is 0 Å². The number of nitrogens with one attached hydrogen (secondary N) is 1. The number of allylic oxidation sites excluding steroid dienone is 3. The summed E-state index contributed by atoms with van der Waals surface area (Å²) in [5, 5.41) is 29.3. The van der Waals surface area contributed by atoms with Crippen LogP contribution in [0.25, 0.3) is 0 Å². The van der Waals surface area contributed by atoms with Gasteiger partial charge in [0.1, 0.15) is 0 Å². The zero-order valence-electron chi connectivity index (χ0n) is 14.8. The molecule has 0 heterocycles. The van der Waals surface area contributed by atoms with Crippen LogP contribution in [-0.2, 0) is 0 Å². The second-order valence-electron chi connectivity index (χ2n) is 9.09. The van der Waals surface area contributed by atoms with Crippen molar-refractivity contribution in [2.24, 2.45) is 34.3 Å². The minimum absolute atomic E-state index is 0.104. The van der Waals surface area contributed by atoms with Crippen molar-refractivity contribution in [1.82, 2.24) is 0 Å². The van der Waals surface area contributed by atoms with E-state index in [1.165, 1.54) is 11.8 Å². The van der Waals surface area contributed by atoms with Crippen molar-refractivity contribution in [3.05, 3.63) is 22.9 Å². The van der Waals surface area contributed by atoms with Gasteiger partial charge in [0, 0.05) is 11.9 Å². The van der Waals surface area contributed by atoms with Crippen LogP contribution in [0.1, 0.15) is 52.4 Å². The average Bonchev–Trinajstić information content (AvgIpc) is 2.82. The fourth-order valence-electron chi connectivity index (χ4n) is 6.83. The molecule has 7 atom stereocenters. The Morgan fingerprint density at radius 3 is 2.71 bits per heavy atom. The van der Waals surface area contributed by atoms with Gasteiger partial charge in [0.15, 0.2) is 0 Å². The maximum atomic E-state index is 11.1. The van der Waals surface area contributed by atoms with Crippen LogP contribution in [-0.4, -0.2) is 28.6 Å². The van der Waals surface area contributed by atoms with E-state index >= 15 is 0 Å². The number of hydrogen-bond acceptors (Lipinski definition) is 4. The molecule has 132 valence electrons. The van der Waals surface area contributed by atoms with Crippen LogP contribution < -0.4 is 5.73 Å². The lowest BCUT2D eigenvalue weighted by molar-refractivity contribution is -0.136. The van der Waals surface area contributed by atoms with Crippen molar-refractivity contribution in [1.29, 1.82) is 5.41 Å². The zero-order valence-corrected chi connectivity index (χ0v) is 14.8. The molecule has 0 radical (unpaired) electrons. The van der Waals surface area contributed by atoms with E-state index in [4.69, 9.17) is 11.1 Å². The van der Waals surface area contributed by atoms with E-state index in [0.29, 0.717) is 18.3 Å². The molecule has 4 aliphatic carbocycles. The number of hydrogen-bond donors (Lipinski definition) is 4. The molecular weight excluding hydrogens is 300 g/mol. The molecule has 0 aromatic rings. The molecule has 0 aromatic carbocycles. The van der Waals surface area contributed by atoms with Crippen LogP contribution in [0.15, 0.2) is 22.9 Å². The summed E-state index contributed by atoms with van der Waals surface area (Å²) < 4.78 is 0. The molecule has 24 heavy (non-hydrogen) atoms. The number of aliphatic hydroxyl groups excluding tert-OH is 2. The zero-order chi connectivity index (χ0) is 17.3. The van der Waals surface area contributed by atoms with E-state index in [-0.39, 0.29) is 29.0 Å². The molecule has 4 heteroatoms. The summed E-state index contributed by atoms with van der Waals surface area (Å²) in [7, 11) is 0. The first-order valence-corrected chi connectivity index (χ1v) is 9.37. The van der Waals surface area contributed by atoms with Gasteiger partial charge >= 0.3 is 0 Å². The van der Waals surface area contributed by atoms with E-state index in [1.54, 1.807) is 0 Å². The molecule has 4 rings (SSSR count). The molecule has 0 bridgehead atoms. The van der Waals surface area contributed by atoms with Gasteiger partial charge in [0.2, 0.25) is 0 Å². The smallest absolute Gasteiger partial charge is 0.0597 e. The summed E-state index contributed by atoms with van der Waals surface area (Å²) >= 11 is 0. The summed E-state index contributed by atoms with van der Waals surface area (Å²) in [5.74, 6) is 1.18. The van der Waals surface area contributed by atoms with Gasteiger partial charge in [0.25, 0.3) is 0 Å². The maximum absolute atomic E-state index is 11.1. The molecule has 0 aromatic heterocycles. The molecule has 3 saturated carbocycles. The molecule has 0 saturated heterocycles. The lowest BCUT2D eigenvalue weighted by Crippen LogP contribution is -2.57. The standard InChI is InChI=1S/C20H30N2O2/c1-19-8-11(10-21)15(22)7-12(19)3-4-13-14-5-6-17(24)20(14,2)9-16(23)18(13)19/h7,10,13-14,16-18,21,23-24H,3-6,8-9,22H2,1-2H3/t13-,14?,16?,17+,18?,19-,20-/m0/s1. The first-order chi connectivity index (χ1) is 11.3. The predicted molar refractivity (Wildman–Crippen MR) is 94.5 cm³/mol. The van der Waals surface area contributed by atoms with Gasteiger partial charge in [-0.15, -0.1) is 0 Å². The number of fused-ring (bicyclic) bond motifs is 5. The van der Waals surface area contributed by atoms with Crippen LogP contribution in [0.4, 0.5) is 0 Å². The van der Waals surface area contributed by atoms with Gasteiger partial charge in [-0.05, 0) is 78.8 Å². The van der Waals surface area contributed by atoms with Gasteiger partial charge in [-0.3, -0.25) is 0 Å². The Morgan fingerprint density at radius 2 is 2.00 bits per heavy atom. The third-order valence-corrected chi connectivity index (χ3v) is 8.05. The monoisotopic (exact) mass is 330 g/mol. The minimum Gasteiger partial charge on any atom is -0.398 e. The van der Waals surface area contributed by atoms with Gasteiger partial charge < -0.3 is 21.4 Å². The van der Waals surface area contributed by atoms with Crippen LogP contribution in [0.3, 0.4) is 0 Å². The van der Waals surface area contributed by atoms with Crippen LogP contribution in [0.5, 0.6) is 0 Å². The van der Waals surface area contributed by atoms with Crippen LogP contribution in [0, 0.1) is 34.0 Å². The fraction of sp³-hybridized carbons (Fsp3) is 0.750. The van der Waals surface area contributed by atoms with E-state index in [1.807, 2.05) is 0 Å². The van der Waals surface area contributed by atoms with E-state index in [9.17, 15) is 10.2 Å². The normalized spacial score (nSPS) is 50.7. The first kappa shape index (κ1) is 16.3. The summed E-state index contributed by atoms with van der Waals surface area (Å²) in [4.78, 5) is 0. The summed E-state index contributed by atoms with van der Waals surface area (Å²) in [5.41, 5.74) is 8.88. The highest BCUT2D eigenvalue weighted by molar-refractivity contribution is 5.79. The summed E-state index contributed by atoms with van der Waals surface area (Å²) in [6.45, 7) is 4.45. The van der Waals surface area contributed by atoms with Gasteiger partial charge in [0.05, 0.1) is 12.2 Å². The van der Waals surface area contributed by atoms with Crippen LogP contribution in [0.2, 0.25) is 0 Å². The summed E-state index contributed by atoms with van der Waals surface area (Å²) in [6.07, 6.45) is 8.32. The minimum atomic E-state index is -0.385. The Balaban J connectivity index is 1.75. The average molecular weight is 330 g/mol. The van der Waals surface area contributed by atoms with Crippen molar-refractivity contribution in [3.8, 4) is 0 Å². The largest absolute Gasteiger partial charge is 0.398 e. The maximum Gasteiger partial charge on any atom is 0.0597 e. The third-order valence-electron chi connectivity index (χ3n) is 8.05. The third kappa shape index (κ3) is 1.96. The molecule has 4 aliphatic rings. The summed E-state index contributed by atoms with van der Waals surface area (Å²) in [6, 6.07) is 0. The molecule has 4 nitrogen and oxygen atoms in total. The lowest BCUT2D eigenvalue weighted by atomic mass is 9.46. The molecule has 0 amide bonds. The van der Waals surface area contributed by atoms with Gasteiger partial charge in [-0.1, -0.05) is 19.4 Å². The first-order valence-electron chi connectivity index (χ1n) is 9.37. The number of rotatable bonds is 1. The van der Waals surface area contributed by atoms with Crippen molar-refractivity contribution < 1.29 is 10.2 Å². The van der Waals surface area contributed by atoms with E-state index < -0.39 is 0 Å². The van der Waals surface area contributed by atoms with Gasteiger partial charge in [-0.25, -0.2) is 0 Å². The van der Waals surface area contributed by atoms with Gasteiger partial charge in [-0.2, -0.15) is 0 Å².